The number of aryl methyl sites for hydroxylation is 1. The van der Waals surface area contributed by atoms with Gasteiger partial charge in [0.1, 0.15) is 17.4 Å². The van der Waals surface area contributed by atoms with Crippen LogP contribution in [0.1, 0.15) is 41.3 Å². The predicted molar refractivity (Wildman–Crippen MR) is 104 cm³/mol. The van der Waals surface area contributed by atoms with Crippen molar-refractivity contribution in [1.29, 1.82) is 0 Å². The zero-order valence-corrected chi connectivity index (χ0v) is 15.3. The lowest BCUT2D eigenvalue weighted by Gasteiger charge is -2.31. The van der Waals surface area contributed by atoms with E-state index in [1.165, 1.54) is 34.9 Å². The summed E-state index contributed by atoms with van der Waals surface area (Å²) in [5.41, 5.74) is 4.99. The van der Waals surface area contributed by atoms with Gasteiger partial charge in [0.05, 0.1) is 12.6 Å². The number of methoxy groups -OCH3 is 1. The molecule has 2 heterocycles. The summed E-state index contributed by atoms with van der Waals surface area (Å²) in [6.07, 6.45) is 3.42. The summed E-state index contributed by atoms with van der Waals surface area (Å²) in [6.45, 7) is 3.96. The highest BCUT2D eigenvalue weighted by molar-refractivity contribution is 5.90. The molecule has 0 spiro atoms. The van der Waals surface area contributed by atoms with Crippen molar-refractivity contribution >= 4 is 16.7 Å². The fourth-order valence-electron chi connectivity index (χ4n) is 3.96. The molecule has 2 aromatic carbocycles. The molecule has 26 heavy (non-hydrogen) atoms. The van der Waals surface area contributed by atoms with E-state index in [0.29, 0.717) is 5.92 Å². The highest BCUT2D eigenvalue weighted by atomic mass is 16.5. The maximum Gasteiger partial charge on any atom is 0.140 e. The van der Waals surface area contributed by atoms with Gasteiger partial charge in [-0.15, -0.1) is 0 Å². The van der Waals surface area contributed by atoms with E-state index in [9.17, 15) is 0 Å². The van der Waals surface area contributed by atoms with Crippen molar-refractivity contribution in [3.05, 3.63) is 58.9 Å². The van der Waals surface area contributed by atoms with E-state index in [0.717, 1.165) is 42.4 Å². The topological polar surface area (TPSA) is 38.2 Å². The Hall–Kier alpha value is -2.62. The van der Waals surface area contributed by atoms with Crippen LogP contribution in [-0.2, 0) is 13.0 Å². The summed E-state index contributed by atoms with van der Waals surface area (Å²) in [5.74, 6) is 3.67. The molecular weight excluding hydrogens is 322 g/mol. The number of rotatable bonds is 3. The minimum atomic E-state index is 0.552. The van der Waals surface area contributed by atoms with E-state index in [2.05, 4.69) is 48.2 Å². The third-order valence-electron chi connectivity index (χ3n) is 5.53. The van der Waals surface area contributed by atoms with Crippen LogP contribution in [-0.4, -0.2) is 23.6 Å². The Morgan fingerprint density at radius 1 is 1.12 bits per heavy atom. The number of benzene rings is 2. The molecule has 0 N–H and O–H groups in total. The van der Waals surface area contributed by atoms with Crippen molar-refractivity contribution in [2.24, 2.45) is 0 Å². The zero-order chi connectivity index (χ0) is 17.7. The molecule has 3 aromatic rings. The van der Waals surface area contributed by atoms with Gasteiger partial charge in [0.25, 0.3) is 0 Å². The maximum atomic E-state index is 5.55. The van der Waals surface area contributed by atoms with Crippen molar-refractivity contribution in [3.8, 4) is 5.75 Å². The van der Waals surface area contributed by atoms with Gasteiger partial charge in [0.15, 0.2) is 0 Å². The Morgan fingerprint density at radius 2 is 2.00 bits per heavy atom. The molecule has 0 saturated heterocycles. The summed E-state index contributed by atoms with van der Waals surface area (Å²) in [7, 11) is 1.75. The lowest BCUT2D eigenvalue weighted by molar-refractivity contribution is 0.407. The first kappa shape index (κ1) is 15.6. The van der Waals surface area contributed by atoms with Crippen LogP contribution in [0.5, 0.6) is 5.75 Å². The molecule has 1 aliphatic carbocycles. The average molecular weight is 345 g/mol. The summed E-state index contributed by atoms with van der Waals surface area (Å²) < 4.78 is 5.55. The van der Waals surface area contributed by atoms with Gasteiger partial charge in [-0.1, -0.05) is 23.8 Å². The molecule has 0 radical (unpaired) electrons. The first-order valence-corrected chi connectivity index (χ1v) is 9.41. The minimum Gasteiger partial charge on any atom is -0.496 e. The number of hydrogen-bond donors (Lipinski definition) is 0. The van der Waals surface area contributed by atoms with Gasteiger partial charge in [-0.25, -0.2) is 9.97 Å². The SMILES string of the molecule is COc1cccc2c1CCN(c1nc(C3CC3)nc3ccc(C)cc13)C2. The van der Waals surface area contributed by atoms with Crippen LogP contribution < -0.4 is 9.64 Å². The Morgan fingerprint density at radius 3 is 2.81 bits per heavy atom. The molecular formula is C22H23N3O. The number of fused-ring (bicyclic) bond motifs is 2. The van der Waals surface area contributed by atoms with Crippen LogP contribution in [0.4, 0.5) is 5.82 Å². The largest absolute Gasteiger partial charge is 0.496 e. The number of ether oxygens (including phenoxy) is 1. The van der Waals surface area contributed by atoms with Crippen LogP contribution in [0, 0.1) is 6.92 Å². The molecule has 1 saturated carbocycles. The van der Waals surface area contributed by atoms with Gasteiger partial charge < -0.3 is 9.64 Å². The molecule has 2 aliphatic rings. The molecule has 1 aliphatic heterocycles. The number of nitrogens with zero attached hydrogens (tertiary/aromatic N) is 3. The Labute approximate surface area is 153 Å². The summed E-state index contributed by atoms with van der Waals surface area (Å²) in [4.78, 5) is 12.3. The van der Waals surface area contributed by atoms with E-state index in [1.807, 2.05) is 0 Å². The van der Waals surface area contributed by atoms with Gasteiger partial charge in [0, 0.05) is 30.0 Å². The lowest BCUT2D eigenvalue weighted by atomic mass is 9.98. The van der Waals surface area contributed by atoms with E-state index in [-0.39, 0.29) is 0 Å². The molecule has 1 fully saturated rings. The Bertz CT molecular complexity index is 994. The quantitative estimate of drug-likeness (QED) is 0.706. The van der Waals surface area contributed by atoms with Gasteiger partial charge >= 0.3 is 0 Å². The molecule has 4 heteroatoms. The Kier molecular flexibility index (Phi) is 3.59. The first-order valence-electron chi connectivity index (χ1n) is 9.41. The second-order valence-corrected chi connectivity index (χ2v) is 7.47. The molecule has 4 nitrogen and oxygen atoms in total. The molecule has 1 aromatic heterocycles. The second-order valence-electron chi connectivity index (χ2n) is 7.47. The molecule has 0 unspecified atom stereocenters. The third kappa shape index (κ3) is 2.61. The van der Waals surface area contributed by atoms with Crippen LogP contribution in [0.15, 0.2) is 36.4 Å². The van der Waals surface area contributed by atoms with Gasteiger partial charge in [0.2, 0.25) is 0 Å². The van der Waals surface area contributed by atoms with Gasteiger partial charge in [-0.2, -0.15) is 0 Å². The minimum absolute atomic E-state index is 0.552. The fraction of sp³-hybridized carbons (Fsp3) is 0.364. The van der Waals surface area contributed by atoms with Crippen molar-refractivity contribution in [2.45, 2.75) is 38.6 Å². The zero-order valence-electron chi connectivity index (χ0n) is 15.3. The van der Waals surface area contributed by atoms with Crippen LogP contribution in [0.2, 0.25) is 0 Å². The summed E-state index contributed by atoms with van der Waals surface area (Å²) in [6, 6.07) is 12.9. The second kappa shape index (κ2) is 5.97. The standard InChI is InChI=1S/C22H23N3O/c1-14-6-9-19-18(12-14)22(24-21(23-19)15-7-8-15)25-11-10-17-16(13-25)4-3-5-20(17)26-2/h3-6,9,12,15H,7-8,10-11,13H2,1-2H3. The molecule has 132 valence electrons. The summed E-state index contributed by atoms with van der Waals surface area (Å²) in [5, 5.41) is 1.17. The van der Waals surface area contributed by atoms with Crippen molar-refractivity contribution in [3.63, 3.8) is 0 Å². The third-order valence-corrected chi connectivity index (χ3v) is 5.53. The number of aromatic nitrogens is 2. The monoisotopic (exact) mass is 345 g/mol. The number of hydrogen-bond acceptors (Lipinski definition) is 4. The molecule has 0 bridgehead atoms. The van der Waals surface area contributed by atoms with Crippen LogP contribution in [0.3, 0.4) is 0 Å². The first-order chi connectivity index (χ1) is 12.7. The molecule has 0 atom stereocenters. The highest BCUT2D eigenvalue weighted by Crippen LogP contribution is 2.40. The van der Waals surface area contributed by atoms with E-state index < -0.39 is 0 Å². The molecule has 5 rings (SSSR count). The van der Waals surface area contributed by atoms with E-state index >= 15 is 0 Å². The molecule has 0 amide bonds. The van der Waals surface area contributed by atoms with Gasteiger partial charge in [-0.05, 0) is 49.9 Å². The maximum absolute atomic E-state index is 5.55. The van der Waals surface area contributed by atoms with Crippen LogP contribution in [0.25, 0.3) is 10.9 Å². The highest BCUT2D eigenvalue weighted by Gasteiger charge is 2.29. The van der Waals surface area contributed by atoms with Crippen LogP contribution >= 0.6 is 0 Å². The van der Waals surface area contributed by atoms with Gasteiger partial charge in [-0.3, -0.25) is 0 Å². The fourth-order valence-corrected chi connectivity index (χ4v) is 3.96. The van der Waals surface area contributed by atoms with Crippen molar-refractivity contribution < 1.29 is 4.74 Å². The smallest absolute Gasteiger partial charge is 0.140 e. The van der Waals surface area contributed by atoms with E-state index in [1.54, 1.807) is 7.11 Å². The lowest BCUT2D eigenvalue weighted by Crippen LogP contribution is -2.31. The van der Waals surface area contributed by atoms with E-state index in [4.69, 9.17) is 14.7 Å². The van der Waals surface area contributed by atoms with Crippen molar-refractivity contribution in [1.82, 2.24) is 9.97 Å². The normalized spacial score (nSPS) is 16.6. The summed E-state index contributed by atoms with van der Waals surface area (Å²) >= 11 is 0. The predicted octanol–water partition coefficient (Wildman–Crippen LogP) is 4.39. The number of anilines is 1. The van der Waals surface area contributed by atoms with Crippen molar-refractivity contribution in [2.75, 3.05) is 18.6 Å². The average Bonchev–Trinajstić information content (AvgIpc) is 3.51. The Balaban J connectivity index is 1.61.